The summed E-state index contributed by atoms with van der Waals surface area (Å²) < 4.78 is 39.2. The number of nitrogens with zero attached hydrogens (tertiary/aromatic N) is 6. The number of hydrogen-bond acceptors (Lipinski definition) is 11. The Morgan fingerprint density at radius 1 is 1.00 bits per heavy atom. The summed E-state index contributed by atoms with van der Waals surface area (Å²) in [6.45, 7) is 1.75. The first-order chi connectivity index (χ1) is 18.0. The van der Waals surface area contributed by atoms with Crippen molar-refractivity contribution in [3.8, 4) is 0 Å². The molecule has 16 heteroatoms. The monoisotopic (exact) mass is 563 g/mol. The molecule has 196 valence electrons. The van der Waals surface area contributed by atoms with E-state index in [9.17, 15) is 22.8 Å². The number of halogens is 4. The van der Waals surface area contributed by atoms with Crippen LogP contribution in [0.15, 0.2) is 43.2 Å². The maximum atomic E-state index is 13.1. The molecular formula is C22H17ClF3N9O2S. The summed E-state index contributed by atoms with van der Waals surface area (Å²) in [5.74, 6) is -0.723. The number of nitrogens with two attached hydrogens (primary N) is 1. The van der Waals surface area contributed by atoms with Crippen LogP contribution < -0.4 is 16.4 Å². The first-order valence-electron chi connectivity index (χ1n) is 10.7. The molecule has 1 amide bonds. The van der Waals surface area contributed by atoms with Crippen LogP contribution in [0.2, 0.25) is 5.02 Å². The number of nitrogens with one attached hydrogen (secondary N) is 2. The number of amides is 1. The number of rotatable bonds is 8. The highest BCUT2D eigenvalue weighted by atomic mass is 35.5. The van der Waals surface area contributed by atoms with Gasteiger partial charge in [0.05, 0.1) is 21.8 Å². The molecule has 4 N–H and O–H groups in total. The van der Waals surface area contributed by atoms with E-state index in [1.807, 2.05) is 0 Å². The van der Waals surface area contributed by atoms with Crippen LogP contribution in [0.1, 0.15) is 50.0 Å². The largest absolute Gasteiger partial charge is 0.418 e. The standard InChI is InChI=1S/C22H17ClF3N9O2S/c1-10(2-14(36)13-4-18(32-8-30-13)34-19-5-16(27)31-9-33-19)21-29-7-15(38-21)20(37)35-17-3-11(22(24,25)26)12(23)6-28-17/h3-10H,2H2,1H3,(H,28,35,37)(H3,27,30,31,32,33,34). The molecule has 38 heavy (non-hydrogen) atoms. The third-order valence-corrected chi connectivity index (χ3v) is 6.49. The number of anilines is 4. The molecule has 0 aliphatic carbocycles. The second kappa shape index (κ2) is 11.0. The highest BCUT2D eigenvalue weighted by molar-refractivity contribution is 7.13. The number of ketones is 1. The third-order valence-electron chi connectivity index (χ3n) is 4.96. The van der Waals surface area contributed by atoms with Crippen LogP contribution in [0, 0.1) is 0 Å². The molecule has 0 saturated heterocycles. The van der Waals surface area contributed by atoms with Gasteiger partial charge in [0.2, 0.25) is 0 Å². The topological polar surface area (TPSA) is 162 Å². The number of nitrogen functional groups attached to an aromatic ring is 1. The molecule has 0 bridgehead atoms. The second-order valence-electron chi connectivity index (χ2n) is 7.83. The third kappa shape index (κ3) is 6.54. The van der Waals surface area contributed by atoms with Crippen LogP contribution in [0.25, 0.3) is 0 Å². The molecule has 1 atom stereocenters. The predicted molar refractivity (Wildman–Crippen MR) is 133 cm³/mol. The summed E-state index contributed by atoms with van der Waals surface area (Å²) in [5.41, 5.74) is 4.66. The van der Waals surface area contributed by atoms with Gasteiger partial charge in [-0.05, 0) is 6.07 Å². The summed E-state index contributed by atoms with van der Waals surface area (Å²) in [7, 11) is 0. The van der Waals surface area contributed by atoms with Crippen LogP contribution in [0.4, 0.5) is 36.4 Å². The lowest BCUT2D eigenvalue weighted by Gasteiger charge is -2.10. The minimum absolute atomic E-state index is 0.0269. The number of Topliss-reactive ketones (excluding diaryl/α,β-unsaturated/α-hetero) is 1. The predicted octanol–water partition coefficient (Wildman–Crippen LogP) is 4.74. The summed E-state index contributed by atoms with van der Waals surface area (Å²) >= 11 is 6.56. The first-order valence-corrected chi connectivity index (χ1v) is 11.9. The molecule has 0 aliphatic rings. The van der Waals surface area contributed by atoms with Crippen LogP contribution in [0.5, 0.6) is 0 Å². The van der Waals surface area contributed by atoms with Gasteiger partial charge in [0.15, 0.2) is 5.78 Å². The lowest BCUT2D eigenvalue weighted by Crippen LogP contribution is -2.13. The van der Waals surface area contributed by atoms with E-state index in [1.54, 1.807) is 6.92 Å². The Hall–Kier alpha value is -4.24. The van der Waals surface area contributed by atoms with Gasteiger partial charge in [0, 0.05) is 30.7 Å². The fourth-order valence-corrected chi connectivity index (χ4v) is 4.22. The Morgan fingerprint density at radius 3 is 2.42 bits per heavy atom. The minimum atomic E-state index is -4.70. The maximum absolute atomic E-state index is 13.1. The van der Waals surface area contributed by atoms with Crippen LogP contribution in [-0.2, 0) is 6.18 Å². The molecule has 11 nitrogen and oxygen atoms in total. The second-order valence-corrected chi connectivity index (χ2v) is 9.30. The molecule has 0 aliphatic heterocycles. The van der Waals surface area contributed by atoms with E-state index in [4.69, 9.17) is 17.3 Å². The molecule has 0 fully saturated rings. The fourth-order valence-electron chi connectivity index (χ4n) is 3.14. The highest BCUT2D eigenvalue weighted by Gasteiger charge is 2.34. The van der Waals surface area contributed by atoms with E-state index in [0.29, 0.717) is 22.7 Å². The van der Waals surface area contributed by atoms with E-state index < -0.39 is 22.7 Å². The van der Waals surface area contributed by atoms with Gasteiger partial charge in [0.25, 0.3) is 5.91 Å². The Kier molecular flexibility index (Phi) is 7.78. The van der Waals surface area contributed by atoms with E-state index in [2.05, 4.69) is 40.5 Å². The van der Waals surface area contributed by atoms with Gasteiger partial charge in [-0.1, -0.05) is 18.5 Å². The van der Waals surface area contributed by atoms with Crippen LogP contribution in [0.3, 0.4) is 0 Å². The molecule has 0 radical (unpaired) electrons. The number of thiazole rings is 1. The zero-order chi connectivity index (χ0) is 27.4. The number of carbonyl (C=O) groups excluding carboxylic acids is 2. The van der Waals surface area contributed by atoms with Crippen molar-refractivity contribution in [2.75, 3.05) is 16.4 Å². The van der Waals surface area contributed by atoms with Crippen molar-refractivity contribution < 1.29 is 22.8 Å². The zero-order valence-electron chi connectivity index (χ0n) is 19.3. The van der Waals surface area contributed by atoms with E-state index >= 15 is 0 Å². The average molecular weight is 564 g/mol. The molecule has 4 rings (SSSR count). The van der Waals surface area contributed by atoms with E-state index in [-0.39, 0.29) is 40.3 Å². The number of aromatic nitrogens is 6. The summed E-state index contributed by atoms with van der Waals surface area (Å²) in [6, 6.07) is 3.61. The van der Waals surface area contributed by atoms with Crippen molar-refractivity contribution in [2.24, 2.45) is 0 Å². The summed E-state index contributed by atoms with van der Waals surface area (Å²) in [6.07, 6.45) is -0.0882. The molecule has 0 aromatic carbocycles. The number of hydrogen-bond donors (Lipinski definition) is 3. The smallest absolute Gasteiger partial charge is 0.384 e. The number of alkyl halides is 3. The van der Waals surface area contributed by atoms with Crippen LogP contribution >= 0.6 is 22.9 Å². The molecule has 4 heterocycles. The Balaban J connectivity index is 1.40. The zero-order valence-corrected chi connectivity index (χ0v) is 20.9. The average Bonchev–Trinajstić information content (AvgIpc) is 3.35. The molecule has 0 spiro atoms. The Morgan fingerprint density at radius 2 is 1.71 bits per heavy atom. The van der Waals surface area contributed by atoms with Crippen molar-refractivity contribution in [1.82, 2.24) is 29.9 Å². The normalized spacial score (nSPS) is 12.1. The van der Waals surface area contributed by atoms with E-state index in [1.165, 1.54) is 31.0 Å². The van der Waals surface area contributed by atoms with Crippen molar-refractivity contribution in [1.29, 1.82) is 0 Å². The molecule has 4 aromatic heterocycles. The quantitative estimate of drug-likeness (QED) is 0.255. The molecular weight excluding hydrogens is 547 g/mol. The minimum Gasteiger partial charge on any atom is -0.384 e. The molecule has 0 saturated carbocycles. The van der Waals surface area contributed by atoms with Crippen molar-refractivity contribution in [3.05, 3.63) is 69.4 Å². The maximum Gasteiger partial charge on any atom is 0.418 e. The highest BCUT2D eigenvalue weighted by Crippen LogP contribution is 2.35. The van der Waals surface area contributed by atoms with Gasteiger partial charge in [-0.2, -0.15) is 13.2 Å². The number of carbonyl (C=O) groups is 2. The van der Waals surface area contributed by atoms with Gasteiger partial charge in [-0.3, -0.25) is 9.59 Å². The van der Waals surface area contributed by atoms with E-state index in [0.717, 1.165) is 17.5 Å². The Bertz CT molecular complexity index is 1500. The molecule has 4 aromatic rings. The van der Waals surface area contributed by atoms with Gasteiger partial charge < -0.3 is 16.4 Å². The van der Waals surface area contributed by atoms with Crippen LogP contribution in [-0.4, -0.2) is 41.6 Å². The Labute approximate surface area is 221 Å². The summed E-state index contributed by atoms with van der Waals surface area (Å²) in [5, 5.41) is 5.11. The first kappa shape index (κ1) is 26.8. The SMILES string of the molecule is CC(CC(=O)c1cc(Nc2cc(N)ncn2)ncn1)c1ncc(C(=O)Nc2cc(C(F)(F)F)c(Cl)cn2)s1. The van der Waals surface area contributed by atoms with Crippen molar-refractivity contribution >= 4 is 57.9 Å². The van der Waals surface area contributed by atoms with Gasteiger partial charge in [-0.25, -0.2) is 29.9 Å². The molecule has 1 unspecified atom stereocenters. The van der Waals surface area contributed by atoms with Gasteiger partial charge in [0.1, 0.15) is 46.5 Å². The van der Waals surface area contributed by atoms with Gasteiger partial charge >= 0.3 is 6.18 Å². The summed E-state index contributed by atoms with van der Waals surface area (Å²) in [4.78, 5) is 49.3. The van der Waals surface area contributed by atoms with Crippen molar-refractivity contribution in [3.63, 3.8) is 0 Å². The lowest BCUT2D eigenvalue weighted by molar-refractivity contribution is -0.137. The van der Waals surface area contributed by atoms with Crippen molar-refractivity contribution in [2.45, 2.75) is 25.4 Å². The lowest BCUT2D eigenvalue weighted by atomic mass is 10.0. The number of pyridine rings is 1. The fraction of sp³-hybridized carbons (Fsp3) is 0.182. The van der Waals surface area contributed by atoms with Gasteiger partial charge in [-0.15, -0.1) is 11.3 Å².